The number of halogens is 1. The van der Waals surface area contributed by atoms with Gasteiger partial charge in [-0.1, -0.05) is 35.4 Å². The van der Waals surface area contributed by atoms with Crippen LogP contribution in [-0.4, -0.2) is 15.6 Å². The number of alkyl halides is 1. The quantitative estimate of drug-likeness (QED) is 0.556. The Hall–Kier alpha value is 0.690. The molecule has 0 unspecified atom stereocenters. The summed E-state index contributed by atoms with van der Waals surface area (Å²) in [6.07, 6.45) is 5.21. The number of hydrogen-bond acceptors (Lipinski definition) is 1. The first-order chi connectivity index (χ1) is 5.47. The fourth-order valence-corrected chi connectivity index (χ4v) is 2.85. The van der Waals surface area contributed by atoms with Gasteiger partial charge in [0.05, 0.1) is 11.2 Å². The molecule has 0 aromatic carbocycles. The number of ether oxygens (including phenoxy) is 1. The molecule has 72 valence electrons. The molecule has 0 aromatic heterocycles. The molecule has 1 fully saturated rings. The maximum absolute atomic E-state index is 6.13. The SMILES string of the molecule is CC(C)(C)OC1(CI)CCCC1. The summed E-state index contributed by atoms with van der Waals surface area (Å²) < 4.78 is 7.27. The van der Waals surface area contributed by atoms with E-state index in [0.717, 1.165) is 4.43 Å². The molecule has 0 aliphatic heterocycles. The maximum atomic E-state index is 6.13. The lowest BCUT2D eigenvalue weighted by molar-refractivity contribution is -0.113. The van der Waals surface area contributed by atoms with Gasteiger partial charge in [-0.2, -0.15) is 0 Å². The minimum Gasteiger partial charge on any atom is -0.369 e. The van der Waals surface area contributed by atoms with E-state index < -0.39 is 0 Å². The number of hydrogen-bond donors (Lipinski definition) is 0. The Kier molecular flexibility index (Phi) is 3.43. The summed E-state index contributed by atoms with van der Waals surface area (Å²) in [6, 6.07) is 0. The Morgan fingerprint density at radius 1 is 1.25 bits per heavy atom. The van der Waals surface area contributed by atoms with Crippen molar-refractivity contribution in [2.45, 2.75) is 57.7 Å². The van der Waals surface area contributed by atoms with Gasteiger partial charge in [-0.15, -0.1) is 0 Å². The van der Waals surface area contributed by atoms with Gasteiger partial charge in [0.15, 0.2) is 0 Å². The normalized spacial score (nSPS) is 23.0. The molecule has 1 aliphatic rings. The minimum atomic E-state index is 0.0233. The summed E-state index contributed by atoms with van der Waals surface area (Å²) >= 11 is 2.46. The second-order valence-corrected chi connectivity index (χ2v) is 5.50. The van der Waals surface area contributed by atoms with Crippen LogP contribution in [0.4, 0.5) is 0 Å². The monoisotopic (exact) mass is 282 g/mol. The van der Waals surface area contributed by atoms with Gasteiger partial charge in [0.2, 0.25) is 0 Å². The van der Waals surface area contributed by atoms with Crippen molar-refractivity contribution in [1.82, 2.24) is 0 Å². The summed E-state index contributed by atoms with van der Waals surface area (Å²) in [4.78, 5) is 0. The lowest BCUT2D eigenvalue weighted by atomic mass is 10.0. The van der Waals surface area contributed by atoms with Crippen LogP contribution in [0.5, 0.6) is 0 Å². The average Bonchev–Trinajstić information content (AvgIpc) is 2.34. The van der Waals surface area contributed by atoms with Gasteiger partial charge in [0, 0.05) is 4.43 Å². The lowest BCUT2D eigenvalue weighted by Crippen LogP contribution is -2.39. The third kappa shape index (κ3) is 2.87. The van der Waals surface area contributed by atoms with Crippen molar-refractivity contribution in [2.75, 3.05) is 4.43 Å². The Morgan fingerprint density at radius 3 is 2.08 bits per heavy atom. The van der Waals surface area contributed by atoms with Crippen LogP contribution < -0.4 is 0 Å². The first kappa shape index (κ1) is 10.8. The fraction of sp³-hybridized carbons (Fsp3) is 1.00. The molecule has 1 saturated carbocycles. The van der Waals surface area contributed by atoms with E-state index in [9.17, 15) is 0 Å². The van der Waals surface area contributed by atoms with Crippen LogP contribution in [0, 0.1) is 0 Å². The van der Waals surface area contributed by atoms with Crippen LogP contribution in [0.25, 0.3) is 0 Å². The van der Waals surface area contributed by atoms with Crippen molar-refractivity contribution >= 4 is 22.6 Å². The van der Waals surface area contributed by atoms with Gasteiger partial charge < -0.3 is 4.74 Å². The van der Waals surface area contributed by atoms with E-state index in [1.807, 2.05) is 0 Å². The van der Waals surface area contributed by atoms with Crippen molar-refractivity contribution in [3.63, 3.8) is 0 Å². The van der Waals surface area contributed by atoms with E-state index in [-0.39, 0.29) is 11.2 Å². The molecule has 1 nitrogen and oxygen atoms in total. The van der Waals surface area contributed by atoms with E-state index in [1.54, 1.807) is 0 Å². The predicted octanol–water partition coefficient (Wildman–Crippen LogP) is 3.55. The van der Waals surface area contributed by atoms with Crippen LogP contribution in [0.3, 0.4) is 0 Å². The average molecular weight is 282 g/mol. The van der Waals surface area contributed by atoms with Gasteiger partial charge in [0.1, 0.15) is 0 Å². The lowest BCUT2D eigenvalue weighted by Gasteiger charge is -2.35. The van der Waals surface area contributed by atoms with Crippen LogP contribution >= 0.6 is 22.6 Å². The molecule has 1 rings (SSSR count). The van der Waals surface area contributed by atoms with E-state index in [2.05, 4.69) is 43.4 Å². The zero-order chi connectivity index (χ0) is 9.24. The molecule has 0 bridgehead atoms. The highest BCUT2D eigenvalue weighted by molar-refractivity contribution is 14.1. The number of rotatable bonds is 2. The summed E-state index contributed by atoms with van der Waals surface area (Å²) in [5.41, 5.74) is 0.230. The third-order valence-electron chi connectivity index (χ3n) is 2.28. The third-order valence-corrected chi connectivity index (χ3v) is 3.67. The second-order valence-electron chi connectivity index (χ2n) is 4.74. The Balaban J connectivity index is 2.55. The van der Waals surface area contributed by atoms with Crippen molar-refractivity contribution in [1.29, 1.82) is 0 Å². The molecule has 0 heterocycles. The molecule has 12 heavy (non-hydrogen) atoms. The van der Waals surface area contributed by atoms with Crippen LogP contribution in [0.2, 0.25) is 0 Å². The van der Waals surface area contributed by atoms with Crippen molar-refractivity contribution in [3.8, 4) is 0 Å². The molecule has 0 spiro atoms. The highest BCUT2D eigenvalue weighted by Crippen LogP contribution is 2.37. The van der Waals surface area contributed by atoms with E-state index in [0.29, 0.717) is 0 Å². The highest BCUT2D eigenvalue weighted by Gasteiger charge is 2.37. The Bertz CT molecular complexity index is 142. The van der Waals surface area contributed by atoms with Crippen LogP contribution in [0.1, 0.15) is 46.5 Å². The summed E-state index contributed by atoms with van der Waals surface area (Å²) in [5.74, 6) is 0. The van der Waals surface area contributed by atoms with Gasteiger partial charge in [-0.05, 0) is 33.6 Å². The molecule has 0 radical (unpaired) electrons. The van der Waals surface area contributed by atoms with Crippen molar-refractivity contribution < 1.29 is 4.74 Å². The van der Waals surface area contributed by atoms with Crippen LogP contribution in [-0.2, 0) is 4.74 Å². The second kappa shape index (κ2) is 3.82. The fourth-order valence-electron chi connectivity index (χ4n) is 1.93. The van der Waals surface area contributed by atoms with Crippen LogP contribution in [0.15, 0.2) is 0 Å². The Morgan fingerprint density at radius 2 is 1.75 bits per heavy atom. The topological polar surface area (TPSA) is 9.23 Å². The van der Waals surface area contributed by atoms with Crippen molar-refractivity contribution in [2.24, 2.45) is 0 Å². The largest absolute Gasteiger partial charge is 0.369 e. The molecular formula is C10H19IO. The first-order valence-electron chi connectivity index (χ1n) is 4.74. The van der Waals surface area contributed by atoms with Gasteiger partial charge in [-0.3, -0.25) is 0 Å². The molecular weight excluding hydrogens is 263 g/mol. The zero-order valence-electron chi connectivity index (χ0n) is 8.32. The predicted molar refractivity (Wildman–Crippen MR) is 60.9 cm³/mol. The molecule has 2 heteroatoms. The molecule has 0 saturated heterocycles. The summed E-state index contributed by atoms with van der Waals surface area (Å²) in [7, 11) is 0. The zero-order valence-corrected chi connectivity index (χ0v) is 10.5. The van der Waals surface area contributed by atoms with Gasteiger partial charge in [0.25, 0.3) is 0 Å². The first-order valence-corrected chi connectivity index (χ1v) is 6.26. The molecule has 0 amide bonds. The van der Waals surface area contributed by atoms with E-state index >= 15 is 0 Å². The Labute approximate surface area is 89.4 Å². The van der Waals surface area contributed by atoms with Gasteiger partial charge >= 0.3 is 0 Å². The molecule has 0 aromatic rings. The molecule has 1 aliphatic carbocycles. The van der Waals surface area contributed by atoms with E-state index in [4.69, 9.17) is 4.74 Å². The van der Waals surface area contributed by atoms with Crippen molar-refractivity contribution in [3.05, 3.63) is 0 Å². The summed E-state index contributed by atoms with van der Waals surface area (Å²) in [5, 5.41) is 0. The smallest absolute Gasteiger partial charge is 0.0778 e. The standard InChI is InChI=1S/C10H19IO/c1-9(2,3)12-10(8-11)6-4-5-7-10/h4-8H2,1-3H3. The molecule has 0 atom stereocenters. The summed E-state index contributed by atoms with van der Waals surface area (Å²) in [6.45, 7) is 6.46. The maximum Gasteiger partial charge on any atom is 0.0778 e. The highest BCUT2D eigenvalue weighted by atomic mass is 127. The minimum absolute atomic E-state index is 0.0233. The van der Waals surface area contributed by atoms with E-state index in [1.165, 1.54) is 25.7 Å². The van der Waals surface area contributed by atoms with Gasteiger partial charge in [-0.25, -0.2) is 0 Å². The molecule has 0 N–H and O–H groups in total.